The van der Waals surface area contributed by atoms with Gasteiger partial charge < -0.3 is 9.47 Å². The van der Waals surface area contributed by atoms with E-state index in [2.05, 4.69) is 95.6 Å². The molecule has 0 spiro atoms. The largest absolute Gasteiger partial charge is 0.340 e. The summed E-state index contributed by atoms with van der Waals surface area (Å²) in [6, 6.07) is 17.3. The monoisotopic (exact) mass is 346 g/mol. The number of para-hydroxylation sites is 2. The van der Waals surface area contributed by atoms with Crippen molar-refractivity contribution in [1.82, 2.24) is 9.55 Å². The number of anilines is 3. The molecule has 0 amide bonds. The first-order chi connectivity index (χ1) is 12.4. The number of benzene rings is 2. The van der Waals surface area contributed by atoms with Crippen LogP contribution in [0.2, 0.25) is 0 Å². The van der Waals surface area contributed by atoms with Gasteiger partial charge in [0.15, 0.2) is 0 Å². The second kappa shape index (κ2) is 5.90. The first kappa shape index (κ1) is 16.7. The molecule has 26 heavy (non-hydrogen) atoms. The molecule has 4 heteroatoms. The second-order valence-corrected chi connectivity index (χ2v) is 7.57. The Bertz CT molecular complexity index is 941. The minimum atomic E-state index is -0.152. The SMILES string of the molecule is Cc1ccccc1C(C)(C)N1c2ccccc2N(c2nccn2C)[C@H]1C. The highest BCUT2D eigenvalue weighted by atomic mass is 15.5. The molecule has 0 saturated heterocycles. The van der Waals surface area contributed by atoms with Crippen molar-refractivity contribution < 1.29 is 0 Å². The number of aromatic nitrogens is 2. The Morgan fingerprint density at radius 1 is 0.962 bits per heavy atom. The van der Waals surface area contributed by atoms with Crippen molar-refractivity contribution in [3.8, 4) is 0 Å². The van der Waals surface area contributed by atoms with Crippen LogP contribution < -0.4 is 9.80 Å². The number of hydrogen-bond donors (Lipinski definition) is 0. The van der Waals surface area contributed by atoms with Gasteiger partial charge in [-0.25, -0.2) is 4.98 Å². The first-order valence-corrected chi connectivity index (χ1v) is 9.14. The molecular weight excluding hydrogens is 320 g/mol. The van der Waals surface area contributed by atoms with Crippen LogP contribution in [0.3, 0.4) is 0 Å². The van der Waals surface area contributed by atoms with Crippen LogP contribution in [0.25, 0.3) is 0 Å². The molecule has 0 unspecified atom stereocenters. The normalized spacial score (nSPS) is 16.9. The molecule has 1 aliphatic rings. The van der Waals surface area contributed by atoms with E-state index >= 15 is 0 Å². The molecule has 0 bridgehead atoms. The standard InChI is InChI=1S/C22H26N4/c1-16-10-6-7-11-18(16)22(3,4)26-17(2)25(21-23-14-15-24(21)5)19-12-8-9-13-20(19)26/h6-15,17H,1-5H3/t17-/m1/s1. The number of hydrogen-bond acceptors (Lipinski definition) is 3. The highest BCUT2D eigenvalue weighted by Crippen LogP contribution is 2.49. The summed E-state index contributed by atoms with van der Waals surface area (Å²) in [6.07, 6.45) is 4.02. The summed E-state index contributed by atoms with van der Waals surface area (Å²) in [6.45, 7) is 9.07. The molecule has 134 valence electrons. The molecule has 1 aromatic heterocycles. The molecule has 1 aliphatic heterocycles. The minimum Gasteiger partial charge on any atom is -0.340 e. The Morgan fingerprint density at radius 2 is 1.62 bits per heavy atom. The molecule has 4 rings (SSSR count). The molecule has 2 heterocycles. The zero-order valence-corrected chi connectivity index (χ0v) is 16.1. The zero-order valence-electron chi connectivity index (χ0n) is 16.1. The molecule has 4 nitrogen and oxygen atoms in total. The van der Waals surface area contributed by atoms with Crippen molar-refractivity contribution in [2.24, 2.45) is 7.05 Å². The fourth-order valence-corrected chi connectivity index (χ4v) is 4.41. The predicted molar refractivity (Wildman–Crippen MR) is 108 cm³/mol. The number of imidazole rings is 1. The first-order valence-electron chi connectivity index (χ1n) is 9.14. The van der Waals surface area contributed by atoms with E-state index in [1.54, 1.807) is 0 Å². The molecule has 2 aromatic carbocycles. The summed E-state index contributed by atoms with van der Waals surface area (Å²) < 4.78 is 2.08. The fourth-order valence-electron chi connectivity index (χ4n) is 4.41. The quantitative estimate of drug-likeness (QED) is 0.669. The molecule has 0 aliphatic carbocycles. The van der Waals surface area contributed by atoms with E-state index in [0.717, 1.165) is 5.95 Å². The van der Waals surface area contributed by atoms with Crippen LogP contribution in [0.5, 0.6) is 0 Å². The average Bonchev–Trinajstić information content (AvgIpc) is 3.15. The fraction of sp³-hybridized carbons (Fsp3) is 0.318. The van der Waals surface area contributed by atoms with Gasteiger partial charge in [0.2, 0.25) is 5.95 Å². The Labute approximate surface area is 155 Å². The third-order valence-corrected chi connectivity index (χ3v) is 5.57. The van der Waals surface area contributed by atoms with Gasteiger partial charge in [0.05, 0.1) is 16.9 Å². The van der Waals surface area contributed by atoms with Crippen molar-refractivity contribution in [3.05, 3.63) is 72.1 Å². The van der Waals surface area contributed by atoms with Crippen molar-refractivity contribution in [2.45, 2.75) is 39.4 Å². The van der Waals surface area contributed by atoms with Gasteiger partial charge in [-0.05, 0) is 51.0 Å². The van der Waals surface area contributed by atoms with Crippen molar-refractivity contribution in [3.63, 3.8) is 0 Å². The highest BCUT2D eigenvalue weighted by Gasteiger charge is 2.43. The Balaban J connectivity index is 1.88. The summed E-state index contributed by atoms with van der Waals surface area (Å²) >= 11 is 0. The zero-order chi connectivity index (χ0) is 18.5. The third kappa shape index (κ3) is 2.32. The average molecular weight is 346 g/mol. The second-order valence-electron chi connectivity index (χ2n) is 7.57. The Hall–Kier alpha value is -2.75. The number of rotatable bonds is 3. The number of nitrogens with zero attached hydrogens (tertiary/aromatic N) is 4. The van der Waals surface area contributed by atoms with Gasteiger partial charge in [0, 0.05) is 19.4 Å². The lowest BCUT2D eigenvalue weighted by Crippen LogP contribution is -2.49. The Morgan fingerprint density at radius 3 is 2.27 bits per heavy atom. The molecule has 0 N–H and O–H groups in total. The van der Waals surface area contributed by atoms with E-state index in [1.807, 2.05) is 19.4 Å². The van der Waals surface area contributed by atoms with Crippen molar-refractivity contribution >= 4 is 17.3 Å². The summed E-state index contributed by atoms with van der Waals surface area (Å²) in [7, 11) is 2.05. The minimum absolute atomic E-state index is 0.152. The van der Waals surface area contributed by atoms with Gasteiger partial charge in [0.1, 0.15) is 6.17 Å². The Kier molecular flexibility index (Phi) is 3.79. The summed E-state index contributed by atoms with van der Waals surface area (Å²) in [4.78, 5) is 9.46. The van der Waals surface area contributed by atoms with Crippen LogP contribution in [-0.4, -0.2) is 15.7 Å². The van der Waals surface area contributed by atoms with Crippen LogP contribution in [0, 0.1) is 6.92 Å². The lowest BCUT2D eigenvalue weighted by molar-refractivity contribution is 0.444. The molecule has 0 saturated carbocycles. The van der Waals surface area contributed by atoms with Crippen molar-refractivity contribution in [1.29, 1.82) is 0 Å². The van der Waals surface area contributed by atoms with Crippen molar-refractivity contribution in [2.75, 3.05) is 9.80 Å². The predicted octanol–water partition coefficient (Wildman–Crippen LogP) is 4.97. The van der Waals surface area contributed by atoms with Gasteiger partial charge in [-0.15, -0.1) is 0 Å². The molecule has 0 radical (unpaired) electrons. The lowest BCUT2D eigenvalue weighted by Gasteiger charge is -2.43. The van der Waals surface area contributed by atoms with Gasteiger partial charge in [-0.2, -0.15) is 0 Å². The molecule has 3 aromatic rings. The summed E-state index contributed by atoms with van der Waals surface area (Å²) in [5.41, 5.74) is 4.97. The van der Waals surface area contributed by atoms with E-state index in [1.165, 1.54) is 22.5 Å². The van der Waals surface area contributed by atoms with Gasteiger partial charge in [-0.1, -0.05) is 36.4 Å². The van der Waals surface area contributed by atoms with Crippen LogP contribution in [0.15, 0.2) is 60.9 Å². The highest BCUT2D eigenvalue weighted by molar-refractivity contribution is 5.83. The molecule has 0 fully saturated rings. The van der Waals surface area contributed by atoms with Crippen LogP contribution in [0.1, 0.15) is 31.9 Å². The summed E-state index contributed by atoms with van der Waals surface area (Å²) in [5.74, 6) is 0.966. The van der Waals surface area contributed by atoms with Crippen LogP contribution >= 0.6 is 0 Å². The van der Waals surface area contributed by atoms with E-state index in [9.17, 15) is 0 Å². The smallest absolute Gasteiger partial charge is 0.211 e. The number of fused-ring (bicyclic) bond motifs is 1. The van der Waals surface area contributed by atoms with E-state index in [-0.39, 0.29) is 11.7 Å². The number of aryl methyl sites for hydroxylation is 2. The maximum absolute atomic E-state index is 4.62. The van der Waals surface area contributed by atoms with Gasteiger partial charge in [0.25, 0.3) is 0 Å². The lowest BCUT2D eigenvalue weighted by atomic mass is 9.88. The van der Waals surface area contributed by atoms with Gasteiger partial charge >= 0.3 is 0 Å². The maximum Gasteiger partial charge on any atom is 0.211 e. The van der Waals surface area contributed by atoms with E-state index in [4.69, 9.17) is 0 Å². The van der Waals surface area contributed by atoms with Gasteiger partial charge in [-0.3, -0.25) is 4.90 Å². The topological polar surface area (TPSA) is 24.3 Å². The van der Waals surface area contributed by atoms with E-state index < -0.39 is 0 Å². The molecule has 1 atom stereocenters. The van der Waals surface area contributed by atoms with E-state index in [0.29, 0.717) is 0 Å². The van der Waals surface area contributed by atoms with Crippen LogP contribution in [0.4, 0.5) is 17.3 Å². The molecular formula is C22H26N4. The maximum atomic E-state index is 4.62. The van der Waals surface area contributed by atoms with Crippen LogP contribution in [-0.2, 0) is 12.6 Å². The summed E-state index contributed by atoms with van der Waals surface area (Å²) in [5, 5.41) is 0. The third-order valence-electron chi connectivity index (χ3n) is 5.57.